The molecule has 0 aliphatic rings. The number of aromatic nitrogens is 2. The van der Waals surface area contributed by atoms with Gasteiger partial charge in [0.25, 0.3) is 0 Å². The molecule has 0 aliphatic heterocycles. The van der Waals surface area contributed by atoms with E-state index in [-0.39, 0.29) is 5.78 Å². The van der Waals surface area contributed by atoms with Gasteiger partial charge in [-0.15, -0.1) is 0 Å². The third-order valence-electron chi connectivity index (χ3n) is 3.57. The van der Waals surface area contributed by atoms with E-state index in [2.05, 4.69) is 34.2 Å². The SMILES string of the molecule is O=C(CO)c1cnc(Cc2cccc(-c3ccccc3)c2)nc1. The first-order valence-electron chi connectivity index (χ1n) is 7.35. The van der Waals surface area contributed by atoms with Crippen molar-refractivity contribution in [1.29, 1.82) is 0 Å². The van der Waals surface area contributed by atoms with Crippen LogP contribution in [-0.2, 0) is 6.42 Å². The third-order valence-corrected chi connectivity index (χ3v) is 3.57. The third kappa shape index (κ3) is 3.67. The molecule has 1 heterocycles. The summed E-state index contributed by atoms with van der Waals surface area (Å²) in [4.78, 5) is 19.8. The van der Waals surface area contributed by atoms with E-state index in [0.717, 1.165) is 11.1 Å². The van der Waals surface area contributed by atoms with Crippen LogP contribution in [0.4, 0.5) is 0 Å². The lowest BCUT2D eigenvalue weighted by Crippen LogP contribution is -2.07. The Bertz CT molecular complexity index is 799. The minimum absolute atomic E-state index is 0.328. The van der Waals surface area contributed by atoms with Gasteiger partial charge in [-0.3, -0.25) is 4.79 Å². The maximum Gasteiger partial charge on any atom is 0.191 e. The molecule has 3 aromatic rings. The van der Waals surface area contributed by atoms with Crippen LogP contribution >= 0.6 is 0 Å². The Kier molecular flexibility index (Phi) is 4.54. The molecule has 3 rings (SSSR count). The van der Waals surface area contributed by atoms with Crippen LogP contribution in [0.2, 0.25) is 0 Å². The Morgan fingerprint density at radius 3 is 2.30 bits per heavy atom. The van der Waals surface area contributed by atoms with E-state index in [9.17, 15) is 4.79 Å². The number of carbonyl (C=O) groups excluding carboxylic acids is 1. The van der Waals surface area contributed by atoms with Gasteiger partial charge in [0.1, 0.15) is 12.4 Å². The van der Waals surface area contributed by atoms with Crippen LogP contribution in [0.15, 0.2) is 67.0 Å². The Balaban J connectivity index is 1.79. The summed E-state index contributed by atoms with van der Waals surface area (Å²) in [6.07, 6.45) is 3.51. The van der Waals surface area contributed by atoms with Crippen LogP contribution in [0, 0.1) is 0 Å². The summed E-state index contributed by atoms with van der Waals surface area (Å²) >= 11 is 0. The molecule has 0 unspecified atom stereocenters. The predicted octanol–water partition coefficient (Wildman–Crippen LogP) is 2.91. The molecule has 0 saturated heterocycles. The largest absolute Gasteiger partial charge is 0.388 e. The standard InChI is InChI=1S/C19H16N2O2/c22-13-18(23)17-11-20-19(21-12-17)10-14-5-4-8-16(9-14)15-6-2-1-3-7-15/h1-9,11-12,22H,10,13H2. The van der Waals surface area contributed by atoms with E-state index >= 15 is 0 Å². The number of rotatable bonds is 5. The fourth-order valence-corrected chi connectivity index (χ4v) is 2.36. The molecule has 4 nitrogen and oxygen atoms in total. The highest BCUT2D eigenvalue weighted by atomic mass is 16.3. The van der Waals surface area contributed by atoms with E-state index < -0.39 is 6.61 Å². The second kappa shape index (κ2) is 6.94. The quantitative estimate of drug-likeness (QED) is 0.736. The van der Waals surface area contributed by atoms with Gasteiger partial charge in [-0.25, -0.2) is 9.97 Å². The molecule has 4 heteroatoms. The fourth-order valence-electron chi connectivity index (χ4n) is 2.36. The Hall–Kier alpha value is -2.85. The lowest BCUT2D eigenvalue weighted by molar-refractivity contribution is 0.0903. The molecule has 2 aromatic carbocycles. The summed E-state index contributed by atoms with van der Waals surface area (Å²) in [6, 6.07) is 18.4. The second-order valence-corrected chi connectivity index (χ2v) is 5.21. The van der Waals surface area contributed by atoms with Crippen LogP contribution in [-0.4, -0.2) is 27.5 Å². The summed E-state index contributed by atoms with van der Waals surface area (Å²) in [6.45, 7) is -0.526. The molecule has 114 valence electrons. The van der Waals surface area contributed by atoms with Gasteiger partial charge in [0.2, 0.25) is 0 Å². The van der Waals surface area contributed by atoms with E-state index in [1.54, 1.807) is 0 Å². The van der Waals surface area contributed by atoms with Crippen molar-refractivity contribution < 1.29 is 9.90 Å². The number of Topliss-reactive ketones (excluding diaryl/α,β-unsaturated/α-hetero) is 1. The highest BCUT2D eigenvalue weighted by Gasteiger charge is 2.06. The number of nitrogens with zero attached hydrogens (tertiary/aromatic N) is 2. The van der Waals surface area contributed by atoms with Crippen molar-refractivity contribution in [1.82, 2.24) is 9.97 Å². The molecule has 0 radical (unpaired) electrons. The average Bonchev–Trinajstić information content (AvgIpc) is 2.63. The summed E-state index contributed by atoms with van der Waals surface area (Å²) in [5.74, 6) is 0.271. The first-order valence-corrected chi connectivity index (χ1v) is 7.35. The summed E-state index contributed by atoms with van der Waals surface area (Å²) < 4.78 is 0. The van der Waals surface area contributed by atoms with Gasteiger partial charge in [0, 0.05) is 18.8 Å². The molecule has 1 N–H and O–H groups in total. The number of carbonyl (C=O) groups is 1. The van der Waals surface area contributed by atoms with E-state index in [1.165, 1.54) is 18.0 Å². The first-order chi connectivity index (χ1) is 11.3. The molecular weight excluding hydrogens is 288 g/mol. The fraction of sp³-hybridized carbons (Fsp3) is 0.105. The Morgan fingerprint density at radius 2 is 1.61 bits per heavy atom. The van der Waals surface area contributed by atoms with Gasteiger partial charge in [-0.2, -0.15) is 0 Å². The number of benzene rings is 2. The predicted molar refractivity (Wildman–Crippen MR) is 88.1 cm³/mol. The molecule has 0 atom stereocenters. The number of ketones is 1. The van der Waals surface area contributed by atoms with Crippen LogP contribution in [0.1, 0.15) is 21.7 Å². The van der Waals surface area contributed by atoms with Crippen LogP contribution in [0.25, 0.3) is 11.1 Å². The van der Waals surface area contributed by atoms with Gasteiger partial charge in [0.15, 0.2) is 5.78 Å². The molecule has 23 heavy (non-hydrogen) atoms. The van der Waals surface area contributed by atoms with E-state index in [0.29, 0.717) is 17.8 Å². The highest BCUT2D eigenvalue weighted by Crippen LogP contribution is 2.20. The molecule has 0 saturated carbocycles. The van der Waals surface area contributed by atoms with Crippen molar-refractivity contribution in [2.24, 2.45) is 0 Å². The van der Waals surface area contributed by atoms with Gasteiger partial charge < -0.3 is 5.11 Å². The molecule has 0 aliphatic carbocycles. The van der Waals surface area contributed by atoms with Crippen molar-refractivity contribution in [3.05, 3.63) is 83.9 Å². The molecule has 0 spiro atoms. The number of hydrogen-bond acceptors (Lipinski definition) is 4. The molecule has 0 amide bonds. The first kappa shape index (κ1) is 15.1. The van der Waals surface area contributed by atoms with Crippen molar-refractivity contribution in [3.63, 3.8) is 0 Å². The van der Waals surface area contributed by atoms with E-state index in [4.69, 9.17) is 5.11 Å². The average molecular weight is 304 g/mol. The second-order valence-electron chi connectivity index (χ2n) is 5.21. The molecule has 0 bridgehead atoms. The monoisotopic (exact) mass is 304 g/mol. The van der Waals surface area contributed by atoms with Crippen molar-refractivity contribution in [2.45, 2.75) is 6.42 Å². The topological polar surface area (TPSA) is 63.1 Å². The minimum atomic E-state index is -0.526. The molecule has 1 aromatic heterocycles. The maximum atomic E-state index is 11.4. The van der Waals surface area contributed by atoms with Crippen molar-refractivity contribution in [2.75, 3.05) is 6.61 Å². The lowest BCUT2D eigenvalue weighted by atomic mass is 10.0. The lowest BCUT2D eigenvalue weighted by Gasteiger charge is -2.05. The zero-order valence-electron chi connectivity index (χ0n) is 12.5. The normalized spacial score (nSPS) is 10.5. The van der Waals surface area contributed by atoms with E-state index in [1.807, 2.05) is 30.3 Å². The summed E-state index contributed by atoms with van der Waals surface area (Å²) in [7, 11) is 0. The highest BCUT2D eigenvalue weighted by molar-refractivity contribution is 5.96. The zero-order valence-corrected chi connectivity index (χ0v) is 12.5. The summed E-state index contributed by atoms with van der Waals surface area (Å²) in [5, 5.41) is 8.83. The molecular formula is C19H16N2O2. The molecule has 0 fully saturated rings. The van der Waals surface area contributed by atoms with Gasteiger partial charge in [0.05, 0.1) is 5.56 Å². The van der Waals surface area contributed by atoms with Crippen molar-refractivity contribution >= 4 is 5.78 Å². The van der Waals surface area contributed by atoms with Gasteiger partial charge in [-0.1, -0.05) is 54.6 Å². The number of aliphatic hydroxyl groups excluding tert-OH is 1. The zero-order chi connectivity index (χ0) is 16.1. The summed E-state index contributed by atoms with van der Waals surface area (Å²) in [5.41, 5.74) is 3.75. The van der Waals surface area contributed by atoms with Crippen molar-refractivity contribution in [3.8, 4) is 11.1 Å². The maximum absolute atomic E-state index is 11.4. The smallest absolute Gasteiger partial charge is 0.191 e. The van der Waals surface area contributed by atoms with Crippen LogP contribution in [0.5, 0.6) is 0 Å². The number of hydrogen-bond donors (Lipinski definition) is 1. The Morgan fingerprint density at radius 1 is 0.913 bits per heavy atom. The van der Waals surface area contributed by atoms with Crippen LogP contribution in [0.3, 0.4) is 0 Å². The minimum Gasteiger partial charge on any atom is -0.388 e. The van der Waals surface area contributed by atoms with Crippen LogP contribution < -0.4 is 0 Å². The van der Waals surface area contributed by atoms with Gasteiger partial charge in [-0.05, 0) is 16.7 Å². The Labute approximate surface area is 134 Å². The van der Waals surface area contributed by atoms with Gasteiger partial charge >= 0.3 is 0 Å². The number of aliphatic hydroxyl groups is 1.